The summed E-state index contributed by atoms with van der Waals surface area (Å²) in [6.45, 7) is 0.867. The number of aliphatic hydroxyl groups excluding tert-OH is 1. The molecule has 0 aromatic carbocycles. The molecule has 0 aliphatic carbocycles. The maximum atomic E-state index is 14.3. The molecule has 0 amide bonds. The Balaban J connectivity index is 1.72. The highest BCUT2D eigenvalue weighted by Gasteiger charge is 2.33. The number of likely N-dealkylation sites (tertiary alicyclic amines) is 1. The predicted octanol–water partition coefficient (Wildman–Crippen LogP) is 3.37. The van der Waals surface area contributed by atoms with Crippen LogP contribution in [0.3, 0.4) is 0 Å². The third-order valence-corrected chi connectivity index (χ3v) is 4.62. The van der Waals surface area contributed by atoms with Gasteiger partial charge < -0.3 is 5.11 Å². The van der Waals surface area contributed by atoms with Gasteiger partial charge in [-0.1, -0.05) is 11.6 Å². The summed E-state index contributed by atoms with van der Waals surface area (Å²) in [4.78, 5) is 9.73. The molecule has 0 saturated carbocycles. The standard InChI is InChI=1S/C17H17ClF3N3O/c18-15-6-13(19)12(8-22-15)16-14(20)5-11(7-23-16)9-24-3-1-17(21,10-25)2-4-24/h5-8,25H,1-4,9-10H2. The first-order valence-electron chi connectivity index (χ1n) is 7.88. The third-order valence-electron chi connectivity index (χ3n) is 4.41. The lowest BCUT2D eigenvalue weighted by atomic mass is 9.94. The summed E-state index contributed by atoms with van der Waals surface area (Å²) in [5.74, 6) is -1.36. The normalized spacial score (nSPS) is 17.6. The van der Waals surface area contributed by atoms with E-state index in [1.807, 2.05) is 4.90 Å². The molecule has 0 unspecified atom stereocenters. The molecular weight excluding hydrogens is 355 g/mol. The molecule has 134 valence electrons. The summed E-state index contributed by atoms with van der Waals surface area (Å²) in [5, 5.41) is 9.03. The summed E-state index contributed by atoms with van der Waals surface area (Å²) in [6, 6.07) is 2.30. The number of nitrogens with zero attached hydrogens (tertiary/aromatic N) is 3. The molecule has 0 spiro atoms. The van der Waals surface area contributed by atoms with Crippen LogP contribution in [0.4, 0.5) is 13.2 Å². The molecule has 4 nitrogen and oxygen atoms in total. The van der Waals surface area contributed by atoms with E-state index in [0.717, 1.165) is 12.3 Å². The van der Waals surface area contributed by atoms with Crippen molar-refractivity contribution in [3.05, 3.63) is 46.9 Å². The molecule has 1 fully saturated rings. The lowest BCUT2D eigenvalue weighted by molar-refractivity contribution is 0.00670. The van der Waals surface area contributed by atoms with Gasteiger partial charge in [-0.25, -0.2) is 18.2 Å². The van der Waals surface area contributed by atoms with E-state index in [-0.39, 0.29) is 29.3 Å². The van der Waals surface area contributed by atoms with E-state index in [1.54, 1.807) is 0 Å². The second-order valence-electron chi connectivity index (χ2n) is 6.25. The lowest BCUT2D eigenvalue weighted by Gasteiger charge is -2.35. The average Bonchev–Trinajstić information content (AvgIpc) is 2.58. The van der Waals surface area contributed by atoms with Crippen LogP contribution in [-0.2, 0) is 6.54 Å². The summed E-state index contributed by atoms with van der Waals surface area (Å²) in [7, 11) is 0. The van der Waals surface area contributed by atoms with Crippen LogP contribution in [0.5, 0.6) is 0 Å². The van der Waals surface area contributed by atoms with Crippen molar-refractivity contribution >= 4 is 11.6 Å². The van der Waals surface area contributed by atoms with E-state index in [9.17, 15) is 13.2 Å². The average molecular weight is 372 g/mol. The van der Waals surface area contributed by atoms with Crippen LogP contribution in [0.25, 0.3) is 11.3 Å². The maximum absolute atomic E-state index is 14.3. The van der Waals surface area contributed by atoms with Gasteiger partial charge in [-0.05, 0) is 24.5 Å². The quantitative estimate of drug-likeness (QED) is 0.837. The molecule has 1 aliphatic rings. The van der Waals surface area contributed by atoms with Gasteiger partial charge in [0.05, 0.1) is 12.2 Å². The Kier molecular flexibility index (Phi) is 5.27. The van der Waals surface area contributed by atoms with E-state index in [2.05, 4.69) is 9.97 Å². The predicted molar refractivity (Wildman–Crippen MR) is 87.8 cm³/mol. The van der Waals surface area contributed by atoms with Crippen molar-refractivity contribution in [1.29, 1.82) is 0 Å². The summed E-state index contributed by atoms with van der Waals surface area (Å²) in [5.41, 5.74) is -1.11. The topological polar surface area (TPSA) is 49.2 Å². The van der Waals surface area contributed by atoms with Gasteiger partial charge in [-0.3, -0.25) is 9.88 Å². The van der Waals surface area contributed by atoms with E-state index in [0.29, 0.717) is 25.2 Å². The fraction of sp³-hybridized carbons (Fsp3) is 0.412. The van der Waals surface area contributed by atoms with Crippen molar-refractivity contribution in [2.45, 2.75) is 25.1 Å². The first-order valence-corrected chi connectivity index (χ1v) is 8.26. The van der Waals surface area contributed by atoms with Gasteiger partial charge in [0.15, 0.2) is 0 Å². The molecule has 25 heavy (non-hydrogen) atoms. The second-order valence-corrected chi connectivity index (χ2v) is 6.63. The number of hydrogen-bond acceptors (Lipinski definition) is 4. The largest absolute Gasteiger partial charge is 0.393 e. The number of alkyl halides is 1. The van der Waals surface area contributed by atoms with Crippen molar-refractivity contribution in [2.24, 2.45) is 0 Å². The third kappa shape index (κ3) is 4.11. The smallest absolute Gasteiger partial charge is 0.149 e. The zero-order valence-corrected chi connectivity index (χ0v) is 14.1. The minimum Gasteiger partial charge on any atom is -0.393 e. The van der Waals surface area contributed by atoms with E-state index in [1.165, 1.54) is 12.3 Å². The van der Waals surface area contributed by atoms with Gasteiger partial charge in [0.1, 0.15) is 28.2 Å². The number of aromatic nitrogens is 2. The molecule has 3 heterocycles. The van der Waals surface area contributed by atoms with Crippen LogP contribution in [-0.4, -0.2) is 45.3 Å². The van der Waals surface area contributed by atoms with Crippen LogP contribution in [0.1, 0.15) is 18.4 Å². The van der Waals surface area contributed by atoms with Crippen LogP contribution in [0.15, 0.2) is 24.5 Å². The summed E-state index contributed by atoms with van der Waals surface area (Å²) >= 11 is 5.60. The van der Waals surface area contributed by atoms with Gasteiger partial charge in [-0.15, -0.1) is 0 Å². The minimum absolute atomic E-state index is 0.0183. The molecule has 2 aromatic rings. The summed E-state index contributed by atoms with van der Waals surface area (Å²) < 4.78 is 42.2. The van der Waals surface area contributed by atoms with E-state index in [4.69, 9.17) is 16.7 Å². The van der Waals surface area contributed by atoms with Crippen molar-refractivity contribution < 1.29 is 18.3 Å². The number of pyridine rings is 2. The first-order chi connectivity index (χ1) is 11.9. The second kappa shape index (κ2) is 7.27. The molecule has 2 aromatic heterocycles. The van der Waals surface area contributed by atoms with Gasteiger partial charge >= 0.3 is 0 Å². The highest BCUT2D eigenvalue weighted by atomic mass is 35.5. The van der Waals surface area contributed by atoms with E-state index >= 15 is 0 Å². The van der Waals surface area contributed by atoms with Gasteiger partial charge in [0.2, 0.25) is 0 Å². The Morgan fingerprint density at radius 2 is 1.84 bits per heavy atom. The zero-order valence-electron chi connectivity index (χ0n) is 13.4. The molecule has 1 N–H and O–H groups in total. The monoisotopic (exact) mass is 371 g/mol. The Morgan fingerprint density at radius 1 is 1.12 bits per heavy atom. The van der Waals surface area contributed by atoms with Crippen molar-refractivity contribution in [2.75, 3.05) is 19.7 Å². The fourth-order valence-corrected chi connectivity index (χ4v) is 3.02. The van der Waals surface area contributed by atoms with Gasteiger partial charge in [0.25, 0.3) is 0 Å². The number of aliphatic hydroxyl groups is 1. The van der Waals surface area contributed by atoms with Crippen LogP contribution in [0, 0.1) is 11.6 Å². The molecule has 3 rings (SSSR count). The number of piperidine rings is 1. The molecule has 0 radical (unpaired) electrons. The molecule has 8 heteroatoms. The molecule has 1 aliphatic heterocycles. The number of halogens is 4. The molecule has 0 atom stereocenters. The number of rotatable bonds is 4. The Bertz CT molecular complexity index is 767. The highest BCUT2D eigenvalue weighted by molar-refractivity contribution is 6.29. The first kappa shape index (κ1) is 18.1. The minimum atomic E-state index is -1.52. The molecular formula is C17H17ClF3N3O. The lowest BCUT2D eigenvalue weighted by Crippen LogP contribution is -2.43. The SMILES string of the molecule is OCC1(F)CCN(Cc2cnc(-c3cnc(Cl)cc3F)c(F)c2)CC1. The summed E-state index contributed by atoms with van der Waals surface area (Å²) in [6.07, 6.45) is 3.08. The number of hydrogen-bond donors (Lipinski definition) is 1. The van der Waals surface area contributed by atoms with Gasteiger partial charge in [-0.2, -0.15) is 0 Å². The Labute approximate surface area is 148 Å². The Hall–Kier alpha value is -1.70. The van der Waals surface area contributed by atoms with Crippen LogP contribution in [0.2, 0.25) is 5.15 Å². The van der Waals surface area contributed by atoms with Crippen molar-refractivity contribution in [3.8, 4) is 11.3 Å². The van der Waals surface area contributed by atoms with Crippen molar-refractivity contribution in [3.63, 3.8) is 0 Å². The zero-order chi connectivity index (χ0) is 18.0. The molecule has 1 saturated heterocycles. The fourth-order valence-electron chi connectivity index (χ4n) is 2.87. The van der Waals surface area contributed by atoms with Gasteiger partial charge in [0, 0.05) is 38.1 Å². The Morgan fingerprint density at radius 3 is 2.44 bits per heavy atom. The van der Waals surface area contributed by atoms with Crippen LogP contribution >= 0.6 is 11.6 Å². The highest BCUT2D eigenvalue weighted by Crippen LogP contribution is 2.28. The molecule has 0 bridgehead atoms. The van der Waals surface area contributed by atoms with Crippen LogP contribution < -0.4 is 0 Å². The van der Waals surface area contributed by atoms with Crippen molar-refractivity contribution in [1.82, 2.24) is 14.9 Å². The van der Waals surface area contributed by atoms with E-state index < -0.39 is 23.9 Å². The maximum Gasteiger partial charge on any atom is 0.149 e.